The molecule has 0 N–H and O–H groups in total. The minimum atomic E-state index is -0.392. The van der Waals surface area contributed by atoms with Gasteiger partial charge in [-0.1, -0.05) is 59.3 Å². The molecule has 5 heteroatoms. The van der Waals surface area contributed by atoms with E-state index in [0.717, 1.165) is 37.4 Å². The highest BCUT2D eigenvalue weighted by molar-refractivity contribution is 8.13. The second-order valence-electron chi connectivity index (χ2n) is 5.10. The maximum absolute atomic E-state index is 12.0. The number of thioether (sulfide) groups is 1. The Kier molecular flexibility index (Phi) is 13.8. The molecule has 0 radical (unpaired) electrons. The van der Waals surface area contributed by atoms with Gasteiger partial charge < -0.3 is 9.47 Å². The van der Waals surface area contributed by atoms with E-state index in [1.165, 1.54) is 25.7 Å². The molecule has 0 bridgehead atoms. The van der Waals surface area contributed by atoms with E-state index >= 15 is 0 Å². The van der Waals surface area contributed by atoms with Gasteiger partial charge in [0.1, 0.15) is 0 Å². The molecular formula is C16H30O4S. The van der Waals surface area contributed by atoms with Crippen LogP contribution in [0.5, 0.6) is 0 Å². The molecule has 0 aromatic heterocycles. The fraction of sp³-hybridized carbons (Fsp3) is 0.875. The van der Waals surface area contributed by atoms with Crippen LogP contribution in [-0.2, 0) is 14.3 Å². The summed E-state index contributed by atoms with van der Waals surface area (Å²) in [7, 11) is 0. The van der Waals surface area contributed by atoms with Gasteiger partial charge >= 0.3 is 11.3 Å². The van der Waals surface area contributed by atoms with Crippen molar-refractivity contribution >= 4 is 23.0 Å². The molecule has 1 unspecified atom stereocenters. The van der Waals surface area contributed by atoms with Gasteiger partial charge in [0.15, 0.2) is 0 Å². The molecule has 0 aliphatic carbocycles. The highest BCUT2D eigenvalue weighted by atomic mass is 32.2. The predicted octanol–water partition coefficient (Wildman–Crippen LogP) is 5.15. The van der Waals surface area contributed by atoms with E-state index in [1.54, 1.807) is 0 Å². The average Bonchev–Trinajstić information content (AvgIpc) is 2.46. The first-order chi connectivity index (χ1) is 10.2. The molecule has 0 saturated carbocycles. The predicted molar refractivity (Wildman–Crippen MR) is 87.3 cm³/mol. The number of ether oxygens (including phenoxy) is 2. The zero-order valence-corrected chi connectivity index (χ0v) is 14.5. The lowest BCUT2D eigenvalue weighted by Gasteiger charge is -2.15. The van der Waals surface area contributed by atoms with Crippen LogP contribution in [0.15, 0.2) is 0 Å². The first-order valence-corrected chi connectivity index (χ1v) is 9.10. The molecule has 0 heterocycles. The van der Waals surface area contributed by atoms with Gasteiger partial charge in [0, 0.05) is 5.75 Å². The molecular weight excluding hydrogens is 288 g/mol. The van der Waals surface area contributed by atoms with Crippen LogP contribution in [0.2, 0.25) is 0 Å². The fourth-order valence-electron chi connectivity index (χ4n) is 2.14. The number of esters is 1. The van der Waals surface area contributed by atoms with Crippen molar-refractivity contribution in [1.29, 1.82) is 0 Å². The summed E-state index contributed by atoms with van der Waals surface area (Å²) in [4.78, 5) is 23.1. The monoisotopic (exact) mass is 318 g/mol. The Bertz CT molecular complexity index is 281. The standard InChI is InChI=1S/C16H30O4S/c1-4-7-8-9-10-12-14(11-5-2)15(17)19-13-20-16(18)21-6-3/h14H,4-13H2,1-3H3. The van der Waals surface area contributed by atoms with Crippen LogP contribution in [0.25, 0.3) is 0 Å². The Hall–Kier alpha value is -0.710. The van der Waals surface area contributed by atoms with Crippen LogP contribution >= 0.6 is 11.8 Å². The number of hydrogen-bond acceptors (Lipinski definition) is 5. The summed E-state index contributed by atoms with van der Waals surface area (Å²) in [6, 6.07) is 0. The molecule has 1 atom stereocenters. The first-order valence-electron chi connectivity index (χ1n) is 8.11. The summed E-state index contributed by atoms with van der Waals surface area (Å²) >= 11 is 1.07. The first kappa shape index (κ1) is 20.3. The van der Waals surface area contributed by atoms with E-state index in [9.17, 15) is 9.59 Å². The van der Waals surface area contributed by atoms with Gasteiger partial charge in [0.25, 0.3) is 0 Å². The van der Waals surface area contributed by atoms with Crippen molar-refractivity contribution in [2.75, 3.05) is 12.5 Å². The Morgan fingerprint density at radius 3 is 2.24 bits per heavy atom. The molecule has 124 valence electrons. The molecule has 0 fully saturated rings. The highest BCUT2D eigenvalue weighted by Crippen LogP contribution is 2.18. The van der Waals surface area contributed by atoms with Crippen LogP contribution < -0.4 is 0 Å². The van der Waals surface area contributed by atoms with Crippen LogP contribution in [0.3, 0.4) is 0 Å². The molecule has 0 spiro atoms. The van der Waals surface area contributed by atoms with Crippen LogP contribution in [0.4, 0.5) is 4.79 Å². The van der Waals surface area contributed by atoms with Crippen molar-refractivity contribution < 1.29 is 19.1 Å². The summed E-state index contributed by atoms with van der Waals surface area (Å²) < 4.78 is 9.88. The van der Waals surface area contributed by atoms with Crippen molar-refractivity contribution in [3.05, 3.63) is 0 Å². The molecule has 0 aromatic carbocycles. The van der Waals surface area contributed by atoms with E-state index in [0.29, 0.717) is 5.75 Å². The van der Waals surface area contributed by atoms with E-state index in [4.69, 9.17) is 9.47 Å². The van der Waals surface area contributed by atoms with Crippen LogP contribution in [0, 0.1) is 5.92 Å². The molecule has 0 rings (SSSR count). The summed E-state index contributed by atoms with van der Waals surface area (Å²) in [5.41, 5.74) is 0. The number of carbonyl (C=O) groups is 2. The van der Waals surface area contributed by atoms with Crippen molar-refractivity contribution in [1.82, 2.24) is 0 Å². The largest absolute Gasteiger partial charge is 0.428 e. The molecule has 0 amide bonds. The van der Waals surface area contributed by atoms with E-state index in [1.807, 2.05) is 6.92 Å². The second kappa shape index (κ2) is 14.2. The van der Waals surface area contributed by atoms with Crippen molar-refractivity contribution in [2.24, 2.45) is 5.92 Å². The fourth-order valence-corrected chi connectivity index (χ4v) is 2.50. The van der Waals surface area contributed by atoms with Crippen molar-refractivity contribution in [3.8, 4) is 0 Å². The lowest BCUT2D eigenvalue weighted by Crippen LogP contribution is -2.20. The Morgan fingerprint density at radius 2 is 1.62 bits per heavy atom. The molecule has 21 heavy (non-hydrogen) atoms. The smallest absolute Gasteiger partial charge is 0.370 e. The minimum absolute atomic E-state index is 0.0610. The third-order valence-corrected chi connectivity index (χ3v) is 3.91. The van der Waals surface area contributed by atoms with Gasteiger partial charge in [0.05, 0.1) is 5.92 Å². The normalized spacial score (nSPS) is 12.0. The lowest BCUT2D eigenvalue weighted by atomic mass is 9.96. The van der Waals surface area contributed by atoms with Gasteiger partial charge in [-0.3, -0.25) is 4.79 Å². The minimum Gasteiger partial charge on any atom is -0.428 e. The number of carbonyl (C=O) groups excluding carboxylic acids is 2. The van der Waals surface area contributed by atoms with E-state index in [2.05, 4.69) is 13.8 Å². The van der Waals surface area contributed by atoms with E-state index in [-0.39, 0.29) is 18.7 Å². The summed E-state index contributed by atoms with van der Waals surface area (Å²) in [6.07, 6.45) is 8.61. The molecule has 0 aliphatic rings. The van der Waals surface area contributed by atoms with Gasteiger partial charge in [-0.25, -0.2) is 4.79 Å². The topological polar surface area (TPSA) is 52.6 Å². The zero-order valence-electron chi connectivity index (χ0n) is 13.7. The van der Waals surface area contributed by atoms with Gasteiger partial charge in [-0.05, 0) is 24.6 Å². The van der Waals surface area contributed by atoms with Crippen molar-refractivity contribution in [3.63, 3.8) is 0 Å². The SMILES string of the molecule is CCCCCCCC(CCC)C(=O)OCOC(=O)SCC. The molecule has 4 nitrogen and oxygen atoms in total. The Morgan fingerprint density at radius 1 is 0.905 bits per heavy atom. The Labute approximate surface area is 133 Å². The summed E-state index contributed by atoms with van der Waals surface area (Å²) in [6.45, 7) is 5.86. The maximum Gasteiger partial charge on any atom is 0.370 e. The van der Waals surface area contributed by atoms with Gasteiger partial charge in [-0.15, -0.1) is 0 Å². The third kappa shape index (κ3) is 11.6. The Balaban J connectivity index is 3.91. The molecule has 0 saturated heterocycles. The van der Waals surface area contributed by atoms with Crippen LogP contribution in [-0.4, -0.2) is 23.8 Å². The average molecular weight is 318 g/mol. The number of unbranched alkanes of at least 4 members (excludes halogenated alkanes) is 4. The zero-order chi connectivity index (χ0) is 15.9. The maximum atomic E-state index is 12.0. The molecule has 0 aromatic rings. The summed E-state index contributed by atoms with van der Waals surface area (Å²) in [5, 5.41) is -0.392. The second-order valence-corrected chi connectivity index (χ2v) is 6.30. The summed E-state index contributed by atoms with van der Waals surface area (Å²) in [5.74, 6) is 0.360. The van der Waals surface area contributed by atoms with Crippen LogP contribution in [0.1, 0.15) is 72.1 Å². The number of rotatable bonds is 12. The quantitative estimate of drug-likeness (QED) is 0.283. The van der Waals surface area contributed by atoms with Crippen molar-refractivity contribution in [2.45, 2.75) is 72.1 Å². The highest BCUT2D eigenvalue weighted by Gasteiger charge is 2.19. The van der Waals surface area contributed by atoms with Gasteiger partial charge in [-0.2, -0.15) is 0 Å². The van der Waals surface area contributed by atoms with Gasteiger partial charge in [0.2, 0.25) is 6.79 Å². The number of hydrogen-bond donors (Lipinski definition) is 0. The third-order valence-electron chi connectivity index (χ3n) is 3.27. The molecule has 0 aliphatic heterocycles. The van der Waals surface area contributed by atoms with E-state index < -0.39 is 5.30 Å². The lowest BCUT2D eigenvalue weighted by molar-refractivity contribution is -0.156.